The average Bonchev–Trinajstić information content (AvgIpc) is 3.31. The van der Waals surface area contributed by atoms with Crippen molar-refractivity contribution in [2.24, 2.45) is 11.7 Å². The van der Waals surface area contributed by atoms with Crippen LogP contribution >= 0.6 is 0 Å². The van der Waals surface area contributed by atoms with Crippen LogP contribution in [0.3, 0.4) is 0 Å². The van der Waals surface area contributed by atoms with Gasteiger partial charge in [0.2, 0.25) is 11.8 Å². The molecule has 1 aromatic rings. The first-order valence-electron chi connectivity index (χ1n) is 7.35. The van der Waals surface area contributed by atoms with Crippen LogP contribution in [0, 0.1) is 5.92 Å². The third kappa shape index (κ3) is 4.56. The number of nitrogens with one attached hydrogen (secondary N) is 2. The van der Waals surface area contributed by atoms with Gasteiger partial charge >= 0.3 is 0 Å². The molecule has 21 heavy (non-hydrogen) atoms. The summed E-state index contributed by atoms with van der Waals surface area (Å²) >= 11 is 0. The quantitative estimate of drug-likeness (QED) is 0.687. The van der Waals surface area contributed by atoms with E-state index >= 15 is 0 Å². The Morgan fingerprint density at radius 2 is 1.90 bits per heavy atom. The van der Waals surface area contributed by atoms with Gasteiger partial charge in [-0.05, 0) is 31.2 Å². The Labute approximate surface area is 125 Å². The summed E-state index contributed by atoms with van der Waals surface area (Å²) in [5.74, 6) is 0.125. The lowest BCUT2D eigenvalue weighted by molar-refractivity contribution is -0.126. The summed E-state index contributed by atoms with van der Waals surface area (Å²) in [5, 5.41) is 5.59. The number of carbonyl (C=O) groups excluding carboxylic acids is 2. The van der Waals surface area contributed by atoms with Crippen molar-refractivity contribution in [1.82, 2.24) is 10.6 Å². The lowest BCUT2D eigenvalue weighted by Crippen LogP contribution is -2.55. The van der Waals surface area contributed by atoms with Crippen molar-refractivity contribution in [3.05, 3.63) is 35.9 Å². The molecule has 1 aliphatic rings. The highest BCUT2D eigenvalue weighted by Gasteiger charge is 2.41. The van der Waals surface area contributed by atoms with Gasteiger partial charge in [-0.2, -0.15) is 0 Å². The van der Waals surface area contributed by atoms with E-state index in [0.29, 0.717) is 12.5 Å². The summed E-state index contributed by atoms with van der Waals surface area (Å²) in [6.07, 6.45) is 2.49. The Hall–Kier alpha value is -1.88. The fourth-order valence-corrected chi connectivity index (χ4v) is 2.43. The number of carbonyl (C=O) groups is 2. The van der Waals surface area contributed by atoms with Crippen LogP contribution in [0.5, 0.6) is 0 Å². The minimum absolute atomic E-state index is 0.00598. The van der Waals surface area contributed by atoms with Crippen LogP contribution in [0.25, 0.3) is 0 Å². The lowest BCUT2D eigenvalue weighted by atomic mass is 9.96. The highest BCUT2D eigenvalue weighted by atomic mass is 16.2. The molecule has 0 saturated heterocycles. The maximum Gasteiger partial charge on any atom is 0.239 e. The Bertz CT molecular complexity index is 500. The van der Waals surface area contributed by atoms with Gasteiger partial charge in [-0.3, -0.25) is 9.59 Å². The van der Waals surface area contributed by atoms with Crippen LogP contribution in [0.4, 0.5) is 0 Å². The fraction of sp³-hybridized carbons (Fsp3) is 0.500. The lowest BCUT2D eigenvalue weighted by Gasteiger charge is -2.29. The molecular formula is C16H23N3O2. The van der Waals surface area contributed by atoms with Crippen LogP contribution in [-0.2, 0) is 16.0 Å². The molecule has 0 aromatic heterocycles. The standard InChI is InChI=1S/C16H23N3O2/c1-16(11-17,13-7-8-13)19-15(21)10-18-14(20)9-12-5-3-2-4-6-12/h2-6,13H,7-11,17H2,1H3,(H,18,20)(H,19,21). The first-order valence-corrected chi connectivity index (χ1v) is 7.35. The minimum atomic E-state index is -0.346. The van der Waals surface area contributed by atoms with Gasteiger partial charge in [0.1, 0.15) is 0 Å². The van der Waals surface area contributed by atoms with E-state index in [1.807, 2.05) is 37.3 Å². The van der Waals surface area contributed by atoms with Crippen LogP contribution in [-0.4, -0.2) is 30.4 Å². The zero-order valence-corrected chi connectivity index (χ0v) is 12.4. The Morgan fingerprint density at radius 3 is 2.48 bits per heavy atom. The highest BCUT2D eigenvalue weighted by Crippen LogP contribution is 2.38. The van der Waals surface area contributed by atoms with Crippen molar-refractivity contribution in [3.8, 4) is 0 Å². The molecular weight excluding hydrogens is 266 g/mol. The molecule has 2 rings (SSSR count). The van der Waals surface area contributed by atoms with Gasteiger partial charge < -0.3 is 16.4 Å². The third-order valence-electron chi connectivity index (χ3n) is 3.98. The summed E-state index contributed by atoms with van der Waals surface area (Å²) in [5.41, 5.74) is 6.34. The Kier molecular flexibility index (Phi) is 4.96. The highest BCUT2D eigenvalue weighted by molar-refractivity contribution is 5.86. The second kappa shape index (κ2) is 6.72. The molecule has 1 aliphatic carbocycles. The van der Waals surface area contributed by atoms with Gasteiger partial charge in [-0.15, -0.1) is 0 Å². The molecule has 1 fully saturated rings. The fourth-order valence-electron chi connectivity index (χ4n) is 2.43. The number of hydrogen-bond acceptors (Lipinski definition) is 3. The van der Waals surface area contributed by atoms with Gasteiger partial charge in [0, 0.05) is 6.54 Å². The first-order chi connectivity index (χ1) is 10.0. The summed E-state index contributed by atoms with van der Waals surface area (Å²) in [7, 11) is 0. The van der Waals surface area contributed by atoms with E-state index in [-0.39, 0.29) is 30.3 Å². The smallest absolute Gasteiger partial charge is 0.239 e. The van der Waals surface area contributed by atoms with Crippen LogP contribution in [0.2, 0.25) is 0 Å². The van der Waals surface area contributed by atoms with Crippen molar-refractivity contribution >= 4 is 11.8 Å². The molecule has 2 amide bonds. The largest absolute Gasteiger partial charge is 0.348 e. The average molecular weight is 289 g/mol. The zero-order chi connectivity index (χ0) is 15.3. The Morgan fingerprint density at radius 1 is 1.24 bits per heavy atom. The van der Waals surface area contributed by atoms with E-state index < -0.39 is 0 Å². The second-order valence-corrected chi connectivity index (χ2v) is 5.88. The normalized spacial score (nSPS) is 16.9. The van der Waals surface area contributed by atoms with Gasteiger partial charge in [0.15, 0.2) is 0 Å². The summed E-state index contributed by atoms with van der Waals surface area (Å²) in [6.45, 7) is 2.38. The monoisotopic (exact) mass is 289 g/mol. The topological polar surface area (TPSA) is 84.2 Å². The first kappa shape index (κ1) is 15.5. The maximum atomic E-state index is 11.9. The predicted molar refractivity (Wildman–Crippen MR) is 81.5 cm³/mol. The molecule has 1 saturated carbocycles. The number of rotatable bonds is 7. The van der Waals surface area contributed by atoms with Crippen molar-refractivity contribution in [1.29, 1.82) is 0 Å². The van der Waals surface area contributed by atoms with Crippen LogP contribution < -0.4 is 16.4 Å². The SMILES string of the molecule is CC(CN)(NC(=O)CNC(=O)Cc1ccccc1)C1CC1. The summed E-state index contributed by atoms with van der Waals surface area (Å²) < 4.78 is 0. The molecule has 5 heteroatoms. The van der Waals surface area contributed by atoms with E-state index in [1.165, 1.54) is 0 Å². The van der Waals surface area contributed by atoms with E-state index in [9.17, 15) is 9.59 Å². The van der Waals surface area contributed by atoms with Gasteiger partial charge in [0.05, 0.1) is 18.5 Å². The maximum absolute atomic E-state index is 11.9. The van der Waals surface area contributed by atoms with Crippen LogP contribution in [0.15, 0.2) is 30.3 Å². The van der Waals surface area contributed by atoms with Gasteiger partial charge in [-0.25, -0.2) is 0 Å². The summed E-state index contributed by atoms with van der Waals surface area (Å²) in [4.78, 5) is 23.7. The van der Waals surface area contributed by atoms with Crippen molar-refractivity contribution in [2.45, 2.75) is 31.7 Å². The molecule has 5 nitrogen and oxygen atoms in total. The van der Waals surface area contributed by atoms with E-state index in [4.69, 9.17) is 5.73 Å². The van der Waals surface area contributed by atoms with Crippen LogP contribution in [0.1, 0.15) is 25.3 Å². The molecule has 1 atom stereocenters. The molecule has 0 spiro atoms. The van der Waals surface area contributed by atoms with E-state index in [1.54, 1.807) is 0 Å². The molecule has 0 aliphatic heterocycles. The minimum Gasteiger partial charge on any atom is -0.348 e. The number of benzene rings is 1. The van der Waals surface area contributed by atoms with Crippen molar-refractivity contribution in [3.63, 3.8) is 0 Å². The second-order valence-electron chi connectivity index (χ2n) is 5.88. The molecule has 1 aromatic carbocycles. The van der Waals surface area contributed by atoms with E-state index in [0.717, 1.165) is 18.4 Å². The third-order valence-corrected chi connectivity index (χ3v) is 3.98. The Balaban J connectivity index is 1.74. The number of nitrogens with two attached hydrogens (primary N) is 1. The van der Waals surface area contributed by atoms with Gasteiger partial charge in [-0.1, -0.05) is 30.3 Å². The molecule has 4 N–H and O–H groups in total. The van der Waals surface area contributed by atoms with Crippen molar-refractivity contribution in [2.75, 3.05) is 13.1 Å². The number of amides is 2. The zero-order valence-electron chi connectivity index (χ0n) is 12.4. The summed E-state index contributed by atoms with van der Waals surface area (Å²) in [6, 6.07) is 9.45. The predicted octanol–water partition coefficient (Wildman–Crippen LogP) is 0.589. The van der Waals surface area contributed by atoms with Crippen molar-refractivity contribution < 1.29 is 9.59 Å². The molecule has 114 valence electrons. The molecule has 0 heterocycles. The molecule has 0 radical (unpaired) electrons. The van der Waals surface area contributed by atoms with Gasteiger partial charge in [0.25, 0.3) is 0 Å². The number of hydrogen-bond donors (Lipinski definition) is 3. The molecule has 1 unspecified atom stereocenters. The van der Waals surface area contributed by atoms with E-state index in [2.05, 4.69) is 10.6 Å². The molecule has 0 bridgehead atoms.